The van der Waals surface area contributed by atoms with E-state index in [1.807, 2.05) is 38.1 Å². The van der Waals surface area contributed by atoms with Crippen LogP contribution in [0, 0.1) is 25.7 Å². The average molecular weight is 375 g/mol. The Morgan fingerprint density at radius 3 is 2.29 bits per heavy atom. The zero-order valence-corrected chi connectivity index (χ0v) is 15.8. The van der Waals surface area contributed by atoms with Crippen LogP contribution in [0.4, 0.5) is 5.69 Å². The fourth-order valence-electron chi connectivity index (χ4n) is 3.82. The lowest BCUT2D eigenvalue weighted by Crippen LogP contribution is -2.31. The standard InChI is InChI=1S/C23H21NO4/c1-14-7-5-12-20(15(14)2)28-23(27)16-8-6-9-17(13-16)24-21(25)18-10-3-4-11-19(18)22(24)26/h3-9,12-13,18-19H,10-11H2,1-2H3/t18-,19+. The van der Waals surface area contributed by atoms with Gasteiger partial charge in [0, 0.05) is 0 Å². The van der Waals surface area contributed by atoms with Crippen LogP contribution < -0.4 is 9.64 Å². The quantitative estimate of drug-likeness (QED) is 0.352. The highest BCUT2D eigenvalue weighted by Crippen LogP contribution is 2.37. The van der Waals surface area contributed by atoms with Crippen LogP contribution in [0.2, 0.25) is 0 Å². The molecule has 2 aliphatic rings. The van der Waals surface area contributed by atoms with Crippen molar-refractivity contribution in [3.8, 4) is 5.75 Å². The van der Waals surface area contributed by atoms with E-state index in [0.717, 1.165) is 11.1 Å². The van der Waals surface area contributed by atoms with Crippen molar-refractivity contribution in [2.24, 2.45) is 11.8 Å². The van der Waals surface area contributed by atoms with E-state index >= 15 is 0 Å². The van der Waals surface area contributed by atoms with E-state index in [4.69, 9.17) is 4.74 Å². The molecule has 5 nitrogen and oxygen atoms in total. The summed E-state index contributed by atoms with van der Waals surface area (Å²) in [6.07, 6.45) is 5.07. The maximum atomic E-state index is 12.8. The maximum absolute atomic E-state index is 12.8. The lowest BCUT2D eigenvalue weighted by molar-refractivity contribution is -0.122. The van der Waals surface area contributed by atoms with Gasteiger partial charge in [-0.3, -0.25) is 14.5 Å². The molecule has 0 aromatic heterocycles. The second kappa shape index (κ2) is 7.08. The zero-order chi connectivity index (χ0) is 19.8. The lowest BCUT2D eigenvalue weighted by Gasteiger charge is -2.16. The van der Waals surface area contributed by atoms with E-state index in [9.17, 15) is 14.4 Å². The smallest absolute Gasteiger partial charge is 0.343 e. The van der Waals surface area contributed by atoms with Gasteiger partial charge in [0.2, 0.25) is 11.8 Å². The Labute approximate surface area is 163 Å². The first kappa shape index (κ1) is 18.2. The summed E-state index contributed by atoms with van der Waals surface area (Å²) < 4.78 is 5.54. The molecule has 2 atom stereocenters. The number of fused-ring (bicyclic) bond motifs is 1. The van der Waals surface area contributed by atoms with Crippen molar-refractivity contribution in [2.45, 2.75) is 26.7 Å². The molecule has 142 valence electrons. The highest BCUT2D eigenvalue weighted by molar-refractivity contribution is 6.22. The third kappa shape index (κ3) is 3.03. The number of imide groups is 1. The van der Waals surface area contributed by atoms with Crippen LogP contribution in [-0.2, 0) is 9.59 Å². The molecule has 5 heteroatoms. The number of benzene rings is 2. The SMILES string of the molecule is Cc1cccc(OC(=O)c2cccc(N3C(=O)[C@H]4CC=CC[C@H]4C3=O)c2)c1C. The normalized spacial score (nSPS) is 21.0. The van der Waals surface area contributed by atoms with Gasteiger partial charge in [-0.2, -0.15) is 0 Å². The summed E-state index contributed by atoms with van der Waals surface area (Å²) in [5.41, 5.74) is 2.64. The summed E-state index contributed by atoms with van der Waals surface area (Å²) in [7, 11) is 0. The highest BCUT2D eigenvalue weighted by Gasteiger charge is 2.47. The van der Waals surface area contributed by atoms with Gasteiger partial charge in [0.05, 0.1) is 23.1 Å². The number of ether oxygens (including phenoxy) is 1. The topological polar surface area (TPSA) is 63.7 Å². The number of carbonyl (C=O) groups is 3. The van der Waals surface area contributed by atoms with Gasteiger partial charge >= 0.3 is 5.97 Å². The average Bonchev–Trinajstić information content (AvgIpc) is 2.96. The Balaban J connectivity index is 1.60. The zero-order valence-electron chi connectivity index (χ0n) is 15.8. The van der Waals surface area contributed by atoms with Crippen molar-refractivity contribution in [2.75, 3.05) is 4.90 Å². The lowest BCUT2D eigenvalue weighted by atomic mass is 9.85. The maximum Gasteiger partial charge on any atom is 0.343 e. The molecule has 1 heterocycles. The van der Waals surface area contributed by atoms with Gasteiger partial charge in [-0.05, 0) is 62.1 Å². The molecule has 0 spiro atoms. The molecule has 1 fully saturated rings. The van der Waals surface area contributed by atoms with Crippen molar-refractivity contribution in [3.05, 3.63) is 71.3 Å². The summed E-state index contributed by atoms with van der Waals surface area (Å²) in [6, 6.07) is 12.0. The summed E-state index contributed by atoms with van der Waals surface area (Å²) in [5.74, 6) is -1.01. The number of nitrogens with zero attached hydrogens (tertiary/aromatic N) is 1. The first-order valence-electron chi connectivity index (χ1n) is 9.38. The minimum atomic E-state index is -0.520. The van der Waals surface area contributed by atoms with Crippen LogP contribution in [0.3, 0.4) is 0 Å². The van der Waals surface area contributed by atoms with Gasteiger partial charge in [0.25, 0.3) is 0 Å². The van der Waals surface area contributed by atoms with Crippen LogP contribution in [0.15, 0.2) is 54.6 Å². The van der Waals surface area contributed by atoms with Crippen molar-refractivity contribution in [1.82, 2.24) is 0 Å². The Hall–Kier alpha value is -3.21. The van der Waals surface area contributed by atoms with Gasteiger partial charge in [0.1, 0.15) is 5.75 Å². The van der Waals surface area contributed by atoms with E-state index < -0.39 is 5.97 Å². The van der Waals surface area contributed by atoms with Gasteiger partial charge in [-0.15, -0.1) is 0 Å². The van der Waals surface area contributed by atoms with Crippen molar-refractivity contribution < 1.29 is 19.1 Å². The molecule has 0 N–H and O–H groups in total. The predicted octanol–water partition coefficient (Wildman–Crippen LogP) is 3.98. The van der Waals surface area contributed by atoms with Crippen LogP contribution >= 0.6 is 0 Å². The van der Waals surface area contributed by atoms with Crippen LogP contribution in [0.25, 0.3) is 0 Å². The fourth-order valence-corrected chi connectivity index (χ4v) is 3.82. The third-order valence-corrected chi connectivity index (χ3v) is 5.61. The van der Waals surface area contributed by atoms with E-state index in [0.29, 0.717) is 29.8 Å². The number of amides is 2. The van der Waals surface area contributed by atoms with Gasteiger partial charge in [0.15, 0.2) is 0 Å². The Kier molecular flexibility index (Phi) is 4.59. The third-order valence-electron chi connectivity index (χ3n) is 5.61. The Morgan fingerprint density at radius 2 is 1.61 bits per heavy atom. The van der Waals surface area contributed by atoms with Crippen molar-refractivity contribution in [1.29, 1.82) is 0 Å². The van der Waals surface area contributed by atoms with E-state index in [1.54, 1.807) is 30.3 Å². The van der Waals surface area contributed by atoms with Gasteiger partial charge in [-0.1, -0.05) is 30.4 Å². The monoisotopic (exact) mass is 375 g/mol. The molecule has 0 bridgehead atoms. The van der Waals surface area contributed by atoms with Crippen LogP contribution in [-0.4, -0.2) is 17.8 Å². The first-order chi connectivity index (χ1) is 13.5. The number of esters is 1. The van der Waals surface area contributed by atoms with E-state index in [2.05, 4.69) is 0 Å². The van der Waals surface area contributed by atoms with Crippen LogP contribution in [0.1, 0.15) is 34.3 Å². The number of hydrogen-bond acceptors (Lipinski definition) is 4. The first-order valence-corrected chi connectivity index (χ1v) is 9.38. The molecule has 1 aliphatic heterocycles. The number of anilines is 1. The molecule has 2 aromatic carbocycles. The number of carbonyl (C=O) groups excluding carboxylic acids is 3. The highest BCUT2D eigenvalue weighted by atomic mass is 16.5. The Morgan fingerprint density at radius 1 is 0.964 bits per heavy atom. The number of aryl methyl sites for hydroxylation is 1. The molecule has 0 unspecified atom stereocenters. The van der Waals surface area contributed by atoms with Crippen molar-refractivity contribution in [3.63, 3.8) is 0 Å². The predicted molar refractivity (Wildman–Crippen MR) is 105 cm³/mol. The summed E-state index contributed by atoms with van der Waals surface area (Å²) in [4.78, 5) is 39.4. The summed E-state index contributed by atoms with van der Waals surface area (Å²) in [5, 5.41) is 0. The second-order valence-corrected chi connectivity index (χ2v) is 7.31. The molecule has 1 aliphatic carbocycles. The van der Waals surface area contributed by atoms with Crippen LogP contribution in [0.5, 0.6) is 5.75 Å². The molecule has 2 aromatic rings. The molecular formula is C23H21NO4. The van der Waals surface area contributed by atoms with E-state index in [1.165, 1.54) is 4.90 Å². The minimum Gasteiger partial charge on any atom is -0.423 e. The molecule has 0 saturated carbocycles. The van der Waals surface area contributed by atoms with Gasteiger partial charge in [-0.25, -0.2) is 4.79 Å². The molecule has 4 rings (SSSR count). The van der Waals surface area contributed by atoms with Crippen molar-refractivity contribution >= 4 is 23.5 Å². The molecule has 1 saturated heterocycles. The molecule has 0 radical (unpaired) electrons. The number of allylic oxidation sites excluding steroid dienone is 2. The number of hydrogen-bond donors (Lipinski definition) is 0. The minimum absolute atomic E-state index is 0.195. The molecular weight excluding hydrogens is 354 g/mol. The summed E-state index contributed by atoms with van der Waals surface area (Å²) in [6.45, 7) is 3.85. The van der Waals surface area contributed by atoms with E-state index in [-0.39, 0.29) is 23.7 Å². The number of rotatable bonds is 3. The molecule has 2 amide bonds. The second-order valence-electron chi connectivity index (χ2n) is 7.31. The Bertz CT molecular complexity index is 981. The fraction of sp³-hybridized carbons (Fsp3) is 0.261. The molecule has 28 heavy (non-hydrogen) atoms. The largest absolute Gasteiger partial charge is 0.423 e. The van der Waals surface area contributed by atoms with Gasteiger partial charge < -0.3 is 4.74 Å². The summed E-state index contributed by atoms with van der Waals surface area (Å²) >= 11 is 0.